The SMILES string of the molecule is O=C(CSc1nnnn1C1CCCC1)NCCOc1ccccc1. The van der Waals surface area contributed by atoms with Gasteiger partial charge in [0.1, 0.15) is 12.4 Å². The minimum atomic E-state index is -0.0439. The summed E-state index contributed by atoms with van der Waals surface area (Å²) in [5.41, 5.74) is 0. The van der Waals surface area contributed by atoms with Crippen molar-refractivity contribution in [3.8, 4) is 5.75 Å². The van der Waals surface area contributed by atoms with Gasteiger partial charge < -0.3 is 10.1 Å². The van der Waals surface area contributed by atoms with Crippen molar-refractivity contribution in [1.82, 2.24) is 25.5 Å². The molecule has 2 aromatic rings. The number of rotatable bonds is 8. The molecule has 0 atom stereocenters. The lowest BCUT2D eigenvalue weighted by Crippen LogP contribution is -2.29. The quantitative estimate of drug-likeness (QED) is 0.581. The number of hydrogen-bond donors (Lipinski definition) is 1. The molecule has 0 aliphatic heterocycles. The minimum Gasteiger partial charge on any atom is -0.492 e. The third-order valence-electron chi connectivity index (χ3n) is 3.90. The second-order valence-electron chi connectivity index (χ2n) is 5.64. The fourth-order valence-electron chi connectivity index (χ4n) is 2.72. The molecule has 1 saturated carbocycles. The monoisotopic (exact) mass is 347 g/mol. The maximum Gasteiger partial charge on any atom is 0.230 e. The highest BCUT2D eigenvalue weighted by molar-refractivity contribution is 7.99. The van der Waals surface area contributed by atoms with E-state index in [1.807, 2.05) is 35.0 Å². The van der Waals surface area contributed by atoms with Crippen LogP contribution in [-0.4, -0.2) is 45.0 Å². The van der Waals surface area contributed by atoms with Crippen LogP contribution >= 0.6 is 11.8 Å². The Bertz CT molecular complexity index is 643. The van der Waals surface area contributed by atoms with E-state index in [1.165, 1.54) is 24.6 Å². The number of tetrazole rings is 1. The molecule has 7 nitrogen and oxygen atoms in total. The number of carbonyl (C=O) groups is 1. The van der Waals surface area contributed by atoms with E-state index in [-0.39, 0.29) is 5.91 Å². The molecule has 3 rings (SSSR count). The first kappa shape index (κ1) is 16.8. The summed E-state index contributed by atoms with van der Waals surface area (Å²) in [6.07, 6.45) is 4.66. The molecular formula is C16H21N5O2S. The summed E-state index contributed by atoms with van der Waals surface area (Å²) in [4.78, 5) is 11.9. The molecule has 1 aliphatic rings. The maximum absolute atomic E-state index is 11.9. The van der Waals surface area contributed by atoms with E-state index >= 15 is 0 Å². The third-order valence-corrected chi connectivity index (χ3v) is 4.84. The van der Waals surface area contributed by atoms with Gasteiger partial charge in [-0.2, -0.15) is 0 Å². The fourth-order valence-corrected chi connectivity index (χ4v) is 3.49. The molecule has 0 saturated heterocycles. The first-order chi connectivity index (χ1) is 11.8. The fraction of sp³-hybridized carbons (Fsp3) is 0.500. The number of ether oxygens (including phenoxy) is 1. The predicted octanol–water partition coefficient (Wildman–Crippen LogP) is 2.08. The standard InChI is InChI=1S/C16H21N5O2S/c22-15(17-10-11-23-14-8-2-1-3-9-14)12-24-16-18-19-20-21(16)13-6-4-5-7-13/h1-3,8-9,13H,4-7,10-12H2,(H,17,22). The first-order valence-electron chi connectivity index (χ1n) is 8.18. The topological polar surface area (TPSA) is 81.9 Å². The first-order valence-corrected chi connectivity index (χ1v) is 9.17. The van der Waals surface area contributed by atoms with Crippen LogP contribution in [0.3, 0.4) is 0 Å². The Morgan fingerprint density at radius 1 is 1.29 bits per heavy atom. The van der Waals surface area contributed by atoms with E-state index in [0.29, 0.717) is 24.9 Å². The zero-order valence-corrected chi connectivity index (χ0v) is 14.2. The summed E-state index contributed by atoms with van der Waals surface area (Å²) in [6, 6.07) is 9.93. The largest absolute Gasteiger partial charge is 0.492 e. The lowest BCUT2D eigenvalue weighted by atomic mass is 10.3. The van der Waals surface area contributed by atoms with Gasteiger partial charge in [-0.3, -0.25) is 4.79 Å². The number of aromatic nitrogens is 4. The number of thioether (sulfide) groups is 1. The van der Waals surface area contributed by atoms with Crippen LogP contribution in [0, 0.1) is 0 Å². The van der Waals surface area contributed by atoms with Crippen molar-refractivity contribution in [3.05, 3.63) is 30.3 Å². The highest BCUT2D eigenvalue weighted by Gasteiger charge is 2.21. The van der Waals surface area contributed by atoms with Gasteiger partial charge >= 0.3 is 0 Å². The molecule has 1 fully saturated rings. The molecule has 8 heteroatoms. The predicted molar refractivity (Wildman–Crippen MR) is 91.0 cm³/mol. The van der Waals surface area contributed by atoms with E-state index in [2.05, 4.69) is 20.8 Å². The van der Waals surface area contributed by atoms with Crippen LogP contribution in [0.25, 0.3) is 0 Å². The number of carbonyl (C=O) groups excluding carboxylic acids is 1. The molecule has 1 aliphatic carbocycles. The zero-order chi connectivity index (χ0) is 16.6. The van der Waals surface area contributed by atoms with Crippen molar-refractivity contribution in [2.24, 2.45) is 0 Å². The van der Waals surface area contributed by atoms with Crippen molar-refractivity contribution in [1.29, 1.82) is 0 Å². The molecule has 1 amide bonds. The number of amides is 1. The average Bonchev–Trinajstić information content (AvgIpc) is 3.28. The molecule has 0 spiro atoms. The van der Waals surface area contributed by atoms with Gasteiger partial charge in [0.15, 0.2) is 0 Å². The van der Waals surface area contributed by atoms with E-state index < -0.39 is 0 Å². The molecule has 1 aromatic carbocycles. The molecule has 0 bridgehead atoms. The lowest BCUT2D eigenvalue weighted by molar-refractivity contribution is -0.118. The summed E-state index contributed by atoms with van der Waals surface area (Å²) < 4.78 is 7.40. The third kappa shape index (κ3) is 4.70. The Kier molecular flexibility index (Phi) is 6.06. The zero-order valence-electron chi connectivity index (χ0n) is 13.4. The summed E-state index contributed by atoms with van der Waals surface area (Å²) >= 11 is 1.38. The van der Waals surface area contributed by atoms with E-state index in [9.17, 15) is 4.79 Å². The number of nitrogens with zero attached hydrogens (tertiary/aromatic N) is 4. The van der Waals surface area contributed by atoms with Gasteiger partial charge in [0.25, 0.3) is 0 Å². The van der Waals surface area contributed by atoms with Crippen LogP contribution in [0.5, 0.6) is 5.75 Å². The van der Waals surface area contributed by atoms with Gasteiger partial charge in [-0.15, -0.1) is 5.10 Å². The number of para-hydroxylation sites is 1. The van der Waals surface area contributed by atoms with Gasteiger partial charge in [0, 0.05) is 0 Å². The van der Waals surface area contributed by atoms with E-state index in [0.717, 1.165) is 23.7 Å². The van der Waals surface area contributed by atoms with E-state index in [4.69, 9.17) is 4.74 Å². The molecule has 24 heavy (non-hydrogen) atoms. The van der Waals surface area contributed by atoms with Crippen molar-refractivity contribution < 1.29 is 9.53 Å². The van der Waals surface area contributed by atoms with Crippen molar-refractivity contribution in [3.63, 3.8) is 0 Å². The van der Waals surface area contributed by atoms with Gasteiger partial charge in [-0.25, -0.2) is 4.68 Å². The highest BCUT2D eigenvalue weighted by Crippen LogP contribution is 2.31. The summed E-state index contributed by atoms with van der Waals surface area (Å²) in [7, 11) is 0. The van der Waals surface area contributed by atoms with Crippen LogP contribution in [0.4, 0.5) is 0 Å². The van der Waals surface area contributed by atoms with Gasteiger partial charge in [-0.1, -0.05) is 42.8 Å². The van der Waals surface area contributed by atoms with Crippen LogP contribution in [0.1, 0.15) is 31.7 Å². The number of benzene rings is 1. The summed E-state index contributed by atoms with van der Waals surface area (Å²) in [6.45, 7) is 0.919. The lowest BCUT2D eigenvalue weighted by Gasteiger charge is -2.11. The molecular weight excluding hydrogens is 326 g/mol. The van der Waals surface area contributed by atoms with Crippen molar-refractivity contribution in [2.75, 3.05) is 18.9 Å². The second-order valence-corrected chi connectivity index (χ2v) is 6.59. The van der Waals surface area contributed by atoms with Crippen LogP contribution in [-0.2, 0) is 4.79 Å². The Morgan fingerprint density at radius 2 is 2.08 bits per heavy atom. The normalized spacial score (nSPS) is 14.7. The van der Waals surface area contributed by atoms with Gasteiger partial charge in [0.2, 0.25) is 11.1 Å². The molecule has 1 aromatic heterocycles. The molecule has 0 radical (unpaired) electrons. The average molecular weight is 347 g/mol. The highest BCUT2D eigenvalue weighted by atomic mass is 32.2. The Balaban J connectivity index is 1.36. The summed E-state index contributed by atoms with van der Waals surface area (Å²) in [5, 5.41) is 15.4. The number of hydrogen-bond acceptors (Lipinski definition) is 6. The Labute approximate surface area is 145 Å². The van der Waals surface area contributed by atoms with E-state index in [1.54, 1.807) is 0 Å². The molecule has 1 N–H and O–H groups in total. The number of nitrogens with one attached hydrogen (secondary N) is 1. The van der Waals surface area contributed by atoms with Gasteiger partial charge in [0.05, 0.1) is 18.3 Å². The molecule has 1 heterocycles. The van der Waals surface area contributed by atoms with Crippen LogP contribution < -0.4 is 10.1 Å². The second kappa shape index (κ2) is 8.68. The maximum atomic E-state index is 11.9. The van der Waals surface area contributed by atoms with Crippen molar-refractivity contribution >= 4 is 17.7 Å². The molecule has 128 valence electrons. The summed E-state index contributed by atoms with van der Waals surface area (Å²) in [5.74, 6) is 1.06. The minimum absolute atomic E-state index is 0.0439. The molecule has 0 unspecified atom stereocenters. The van der Waals surface area contributed by atoms with Crippen LogP contribution in [0.2, 0.25) is 0 Å². The Hall–Kier alpha value is -2.09. The van der Waals surface area contributed by atoms with Crippen LogP contribution in [0.15, 0.2) is 35.5 Å². The van der Waals surface area contributed by atoms with Gasteiger partial charge in [-0.05, 0) is 35.4 Å². The smallest absolute Gasteiger partial charge is 0.230 e. The Morgan fingerprint density at radius 3 is 2.88 bits per heavy atom. The van der Waals surface area contributed by atoms with Crippen molar-refractivity contribution in [2.45, 2.75) is 36.9 Å².